The molecule has 0 amide bonds. The molecule has 26 heavy (non-hydrogen) atoms. The van der Waals surface area contributed by atoms with Crippen molar-refractivity contribution in [1.82, 2.24) is 20.4 Å². The topological polar surface area (TPSA) is 75.8 Å². The minimum Gasteiger partial charge on any atom is -0.371 e. The van der Waals surface area contributed by atoms with Crippen molar-refractivity contribution < 1.29 is 9.26 Å². The maximum absolute atomic E-state index is 5.46. The van der Waals surface area contributed by atoms with Crippen LogP contribution in [0, 0.1) is 0 Å². The molecule has 1 aromatic carbocycles. The Balaban J connectivity index is 0.00000338. The van der Waals surface area contributed by atoms with E-state index in [0.29, 0.717) is 24.9 Å². The molecule has 0 aliphatic carbocycles. The Morgan fingerprint density at radius 1 is 1.42 bits per heavy atom. The van der Waals surface area contributed by atoms with Gasteiger partial charge in [-0.1, -0.05) is 39.3 Å². The summed E-state index contributed by atoms with van der Waals surface area (Å²) < 4.78 is 11.8. The number of nitrogens with zero attached hydrogens (tertiary/aromatic N) is 4. The molecule has 0 bridgehead atoms. The van der Waals surface area contributed by atoms with Gasteiger partial charge in [-0.3, -0.25) is 4.99 Å². The van der Waals surface area contributed by atoms with Gasteiger partial charge >= 0.3 is 0 Å². The minimum absolute atomic E-state index is 0. The SMILES string of the molecule is CCOC(C)c1noc(CNC(=NC)N(C)Cc2ccccc2Br)n1.I. The van der Waals surface area contributed by atoms with Gasteiger partial charge in [0, 0.05) is 31.7 Å². The van der Waals surface area contributed by atoms with Gasteiger partial charge in [-0.25, -0.2) is 0 Å². The first-order valence-corrected chi connectivity index (χ1v) is 8.93. The second-order valence-electron chi connectivity index (χ2n) is 5.49. The highest BCUT2D eigenvalue weighted by molar-refractivity contribution is 14.0. The van der Waals surface area contributed by atoms with Crippen LogP contribution in [0.1, 0.15) is 37.2 Å². The first kappa shape index (κ1) is 22.8. The summed E-state index contributed by atoms with van der Waals surface area (Å²) in [5.74, 6) is 1.79. The van der Waals surface area contributed by atoms with Gasteiger partial charge in [0.15, 0.2) is 11.8 Å². The Morgan fingerprint density at radius 3 is 2.81 bits per heavy atom. The van der Waals surface area contributed by atoms with Crippen molar-refractivity contribution in [1.29, 1.82) is 0 Å². The molecule has 1 N–H and O–H groups in total. The van der Waals surface area contributed by atoms with Crippen LogP contribution in [0.25, 0.3) is 0 Å². The summed E-state index contributed by atoms with van der Waals surface area (Å²) in [6.07, 6.45) is -0.181. The largest absolute Gasteiger partial charge is 0.371 e. The number of aliphatic imine (C=N–C) groups is 1. The number of hydrogen-bond donors (Lipinski definition) is 1. The molecule has 0 radical (unpaired) electrons. The van der Waals surface area contributed by atoms with E-state index in [1.807, 2.05) is 44.0 Å². The van der Waals surface area contributed by atoms with Crippen LogP contribution in [0.5, 0.6) is 0 Å². The lowest BCUT2D eigenvalue weighted by Crippen LogP contribution is -2.38. The Labute approximate surface area is 179 Å². The van der Waals surface area contributed by atoms with E-state index in [4.69, 9.17) is 9.26 Å². The van der Waals surface area contributed by atoms with Crippen molar-refractivity contribution in [3.05, 3.63) is 46.0 Å². The highest BCUT2D eigenvalue weighted by Gasteiger charge is 2.15. The zero-order valence-electron chi connectivity index (χ0n) is 15.4. The molecular weight excluding hydrogens is 513 g/mol. The summed E-state index contributed by atoms with van der Waals surface area (Å²) in [5.41, 5.74) is 1.18. The zero-order chi connectivity index (χ0) is 18.2. The molecule has 2 aromatic rings. The highest BCUT2D eigenvalue weighted by Crippen LogP contribution is 2.17. The lowest BCUT2D eigenvalue weighted by atomic mass is 10.2. The van der Waals surface area contributed by atoms with Crippen LogP contribution in [0.4, 0.5) is 0 Å². The molecule has 2 rings (SSSR count). The second-order valence-corrected chi connectivity index (χ2v) is 6.35. The van der Waals surface area contributed by atoms with E-state index >= 15 is 0 Å². The predicted octanol–water partition coefficient (Wildman–Crippen LogP) is 3.76. The summed E-state index contributed by atoms with van der Waals surface area (Å²) in [6.45, 7) is 5.56. The van der Waals surface area contributed by atoms with Gasteiger partial charge in [0.25, 0.3) is 0 Å². The first-order chi connectivity index (χ1) is 12.0. The number of ether oxygens (including phenoxy) is 1. The summed E-state index contributed by atoms with van der Waals surface area (Å²) in [5, 5.41) is 7.18. The van der Waals surface area contributed by atoms with Crippen LogP contribution in [0.3, 0.4) is 0 Å². The molecule has 0 aliphatic heterocycles. The molecule has 0 aliphatic rings. The molecular formula is C17H25BrIN5O2. The summed E-state index contributed by atoms with van der Waals surface area (Å²) in [7, 11) is 3.72. The van der Waals surface area contributed by atoms with E-state index in [-0.39, 0.29) is 30.1 Å². The maximum atomic E-state index is 5.46. The second kappa shape index (κ2) is 11.5. The molecule has 1 heterocycles. The molecule has 0 spiro atoms. The number of guanidine groups is 1. The Hall–Kier alpha value is -1.20. The van der Waals surface area contributed by atoms with E-state index in [9.17, 15) is 0 Å². The predicted molar refractivity (Wildman–Crippen MR) is 116 cm³/mol. The summed E-state index contributed by atoms with van der Waals surface area (Å²) in [6, 6.07) is 8.12. The zero-order valence-corrected chi connectivity index (χ0v) is 19.3. The van der Waals surface area contributed by atoms with E-state index in [2.05, 4.69) is 42.4 Å². The fourth-order valence-corrected chi connectivity index (χ4v) is 2.74. The van der Waals surface area contributed by atoms with Crippen molar-refractivity contribution in [3.8, 4) is 0 Å². The molecule has 0 fully saturated rings. The third-order valence-electron chi connectivity index (χ3n) is 3.60. The van der Waals surface area contributed by atoms with Crippen molar-refractivity contribution in [3.63, 3.8) is 0 Å². The van der Waals surface area contributed by atoms with Crippen LogP contribution in [-0.2, 0) is 17.8 Å². The molecule has 9 heteroatoms. The molecule has 1 atom stereocenters. The van der Waals surface area contributed by atoms with Gasteiger partial charge in [-0.2, -0.15) is 4.98 Å². The van der Waals surface area contributed by atoms with Crippen LogP contribution < -0.4 is 5.32 Å². The lowest BCUT2D eigenvalue weighted by Gasteiger charge is -2.22. The molecule has 1 aromatic heterocycles. The smallest absolute Gasteiger partial charge is 0.246 e. The number of benzene rings is 1. The van der Waals surface area contributed by atoms with Gasteiger partial charge < -0.3 is 19.5 Å². The molecule has 1 unspecified atom stereocenters. The maximum Gasteiger partial charge on any atom is 0.246 e. The Bertz CT molecular complexity index is 710. The Kier molecular flexibility index (Phi) is 10.1. The third-order valence-corrected chi connectivity index (χ3v) is 4.37. The quantitative estimate of drug-likeness (QED) is 0.329. The van der Waals surface area contributed by atoms with Crippen molar-refractivity contribution in [2.24, 2.45) is 4.99 Å². The van der Waals surface area contributed by atoms with Crippen molar-refractivity contribution >= 4 is 45.9 Å². The van der Waals surface area contributed by atoms with Crippen LogP contribution >= 0.6 is 39.9 Å². The van der Waals surface area contributed by atoms with Crippen molar-refractivity contribution in [2.75, 3.05) is 20.7 Å². The van der Waals surface area contributed by atoms with E-state index < -0.39 is 0 Å². The summed E-state index contributed by atoms with van der Waals surface area (Å²) >= 11 is 3.57. The average Bonchev–Trinajstić information content (AvgIpc) is 3.07. The first-order valence-electron chi connectivity index (χ1n) is 8.14. The normalized spacial score (nSPS) is 12.4. The summed E-state index contributed by atoms with van der Waals surface area (Å²) in [4.78, 5) is 10.7. The molecule has 144 valence electrons. The monoisotopic (exact) mass is 537 g/mol. The Morgan fingerprint density at radius 2 is 2.15 bits per heavy atom. The van der Waals surface area contributed by atoms with Gasteiger partial charge in [-0.15, -0.1) is 24.0 Å². The number of rotatable bonds is 7. The van der Waals surface area contributed by atoms with Crippen molar-refractivity contribution in [2.45, 2.75) is 33.0 Å². The van der Waals surface area contributed by atoms with Crippen LogP contribution in [-0.4, -0.2) is 41.7 Å². The average molecular weight is 538 g/mol. The van der Waals surface area contributed by atoms with Gasteiger partial charge in [0.05, 0.1) is 6.54 Å². The number of halogens is 2. The third kappa shape index (κ3) is 6.51. The lowest BCUT2D eigenvalue weighted by molar-refractivity contribution is 0.0683. The number of aromatic nitrogens is 2. The standard InChI is InChI=1S/C17H24BrN5O2.HI/c1-5-24-12(2)16-21-15(25-22-16)10-20-17(19-3)23(4)11-13-8-6-7-9-14(13)18;/h6-9,12H,5,10-11H2,1-4H3,(H,19,20);1H. The van der Waals surface area contributed by atoms with Crippen LogP contribution in [0.2, 0.25) is 0 Å². The molecule has 0 saturated heterocycles. The fraction of sp³-hybridized carbons (Fsp3) is 0.471. The van der Waals surface area contributed by atoms with Gasteiger partial charge in [0.2, 0.25) is 5.89 Å². The van der Waals surface area contributed by atoms with Gasteiger partial charge in [-0.05, 0) is 25.5 Å². The van der Waals surface area contributed by atoms with Gasteiger partial charge in [0.1, 0.15) is 6.10 Å². The van der Waals surface area contributed by atoms with E-state index in [1.54, 1.807) is 7.05 Å². The van der Waals surface area contributed by atoms with E-state index in [1.165, 1.54) is 5.56 Å². The van der Waals surface area contributed by atoms with E-state index in [0.717, 1.165) is 17.0 Å². The number of nitrogens with one attached hydrogen (secondary N) is 1. The molecule has 0 saturated carbocycles. The highest BCUT2D eigenvalue weighted by atomic mass is 127. The number of hydrogen-bond acceptors (Lipinski definition) is 5. The van der Waals surface area contributed by atoms with Crippen LogP contribution in [0.15, 0.2) is 38.3 Å². The fourth-order valence-electron chi connectivity index (χ4n) is 2.33. The molecule has 7 nitrogen and oxygen atoms in total. The minimum atomic E-state index is -0.181.